The summed E-state index contributed by atoms with van der Waals surface area (Å²) in [6, 6.07) is 12.4. The van der Waals surface area contributed by atoms with Gasteiger partial charge in [-0.05, 0) is 49.6 Å². The minimum atomic E-state index is -0.601. The van der Waals surface area contributed by atoms with Crippen LogP contribution < -0.4 is 14.8 Å². The SMILES string of the molecule is CCOc1ccc(C(=O)OCC(=O)Nc2ccccc2C(C)C)cc1OCC. The summed E-state index contributed by atoms with van der Waals surface area (Å²) < 4.78 is 16.1. The first-order chi connectivity index (χ1) is 13.5. The molecule has 28 heavy (non-hydrogen) atoms. The monoisotopic (exact) mass is 385 g/mol. The van der Waals surface area contributed by atoms with Crippen LogP contribution in [-0.2, 0) is 9.53 Å². The number of esters is 1. The zero-order chi connectivity index (χ0) is 20.5. The maximum atomic E-state index is 12.3. The smallest absolute Gasteiger partial charge is 0.338 e. The van der Waals surface area contributed by atoms with Crippen molar-refractivity contribution >= 4 is 17.6 Å². The van der Waals surface area contributed by atoms with Crippen LogP contribution in [0.15, 0.2) is 42.5 Å². The number of para-hydroxylation sites is 1. The molecule has 0 atom stereocenters. The molecule has 0 aliphatic carbocycles. The summed E-state index contributed by atoms with van der Waals surface area (Å²) in [6.45, 7) is 8.37. The highest BCUT2D eigenvalue weighted by Crippen LogP contribution is 2.29. The Bertz CT molecular complexity index is 816. The van der Waals surface area contributed by atoms with Crippen molar-refractivity contribution in [3.05, 3.63) is 53.6 Å². The molecule has 0 heterocycles. The van der Waals surface area contributed by atoms with Crippen molar-refractivity contribution in [2.75, 3.05) is 25.1 Å². The molecule has 6 heteroatoms. The van der Waals surface area contributed by atoms with Gasteiger partial charge in [-0.1, -0.05) is 32.0 Å². The summed E-state index contributed by atoms with van der Waals surface area (Å²) >= 11 is 0. The molecule has 0 saturated carbocycles. The topological polar surface area (TPSA) is 73.9 Å². The molecule has 2 rings (SSSR count). The van der Waals surface area contributed by atoms with Gasteiger partial charge in [0.1, 0.15) is 0 Å². The summed E-state index contributed by atoms with van der Waals surface area (Å²) in [5, 5.41) is 2.80. The van der Waals surface area contributed by atoms with Gasteiger partial charge in [0, 0.05) is 5.69 Å². The van der Waals surface area contributed by atoms with Gasteiger partial charge in [-0.25, -0.2) is 4.79 Å². The van der Waals surface area contributed by atoms with Crippen molar-refractivity contribution in [2.45, 2.75) is 33.6 Å². The number of carbonyl (C=O) groups is 2. The average Bonchev–Trinajstić information content (AvgIpc) is 2.68. The third-order valence-electron chi connectivity index (χ3n) is 3.97. The second-order valence-corrected chi connectivity index (χ2v) is 6.39. The van der Waals surface area contributed by atoms with Gasteiger partial charge in [-0.2, -0.15) is 0 Å². The summed E-state index contributed by atoms with van der Waals surface area (Å²) in [5.41, 5.74) is 2.04. The number of anilines is 1. The number of carbonyl (C=O) groups excluding carboxylic acids is 2. The van der Waals surface area contributed by atoms with Crippen LogP contribution >= 0.6 is 0 Å². The van der Waals surface area contributed by atoms with Crippen LogP contribution in [0.5, 0.6) is 11.5 Å². The van der Waals surface area contributed by atoms with Gasteiger partial charge in [0.25, 0.3) is 5.91 Å². The molecule has 2 aromatic carbocycles. The Kier molecular flexibility index (Phi) is 7.87. The van der Waals surface area contributed by atoms with Crippen LogP contribution in [0.25, 0.3) is 0 Å². The van der Waals surface area contributed by atoms with E-state index in [1.807, 2.05) is 52.0 Å². The number of benzene rings is 2. The Balaban J connectivity index is 2.00. The van der Waals surface area contributed by atoms with Crippen LogP contribution in [0.3, 0.4) is 0 Å². The number of ether oxygens (including phenoxy) is 3. The number of hydrogen-bond acceptors (Lipinski definition) is 5. The fraction of sp³-hybridized carbons (Fsp3) is 0.364. The fourth-order valence-corrected chi connectivity index (χ4v) is 2.69. The van der Waals surface area contributed by atoms with Gasteiger partial charge in [-0.15, -0.1) is 0 Å². The molecule has 0 radical (unpaired) electrons. The molecule has 0 bridgehead atoms. The Hall–Kier alpha value is -3.02. The van der Waals surface area contributed by atoms with E-state index < -0.39 is 11.9 Å². The van der Waals surface area contributed by atoms with Crippen LogP contribution in [0.4, 0.5) is 5.69 Å². The third-order valence-corrected chi connectivity index (χ3v) is 3.97. The summed E-state index contributed by atoms with van der Waals surface area (Å²) in [4.78, 5) is 24.5. The largest absolute Gasteiger partial charge is 0.490 e. The van der Waals surface area contributed by atoms with Gasteiger partial charge in [-0.3, -0.25) is 4.79 Å². The molecule has 0 fully saturated rings. The van der Waals surface area contributed by atoms with E-state index in [1.54, 1.807) is 18.2 Å². The second kappa shape index (κ2) is 10.3. The summed E-state index contributed by atoms with van der Waals surface area (Å²) in [7, 11) is 0. The van der Waals surface area contributed by atoms with E-state index in [2.05, 4.69) is 5.32 Å². The molecule has 0 aromatic heterocycles. The summed E-state index contributed by atoms with van der Waals surface area (Å²) in [6.07, 6.45) is 0. The predicted octanol–water partition coefficient (Wildman–Crippen LogP) is 4.40. The van der Waals surface area contributed by atoms with E-state index in [-0.39, 0.29) is 12.5 Å². The normalized spacial score (nSPS) is 10.5. The first-order valence-electron chi connectivity index (χ1n) is 9.41. The molecular formula is C22H27NO5. The van der Waals surface area contributed by atoms with Crippen LogP contribution in [-0.4, -0.2) is 31.7 Å². The minimum absolute atomic E-state index is 0.264. The standard InChI is InChI=1S/C22H27NO5/c1-5-26-19-12-11-16(13-20(19)27-6-2)22(25)28-14-21(24)23-18-10-8-7-9-17(18)15(3)4/h7-13,15H,5-6,14H2,1-4H3,(H,23,24). The lowest BCUT2D eigenvalue weighted by Crippen LogP contribution is -2.21. The van der Waals surface area contributed by atoms with Gasteiger partial charge in [0.15, 0.2) is 18.1 Å². The predicted molar refractivity (Wildman–Crippen MR) is 108 cm³/mol. The zero-order valence-corrected chi connectivity index (χ0v) is 16.8. The van der Waals surface area contributed by atoms with Crippen LogP contribution in [0.2, 0.25) is 0 Å². The lowest BCUT2D eigenvalue weighted by atomic mass is 10.0. The molecule has 2 aromatic rings. The molecule has 0 aliphatic heterocycles. The lowest BCUT2D eigenvalue weighted by Gasteiger charge is -2.14. The Labute approximate surface area is 165 Å². The number of rotatable bonds is 9. The van der Waals surface area contributed by atoms with Crippen molar-refractivity contribution in [1.29, 1.82) is 0 Å². The van der Waals surface area contributed by atoms with Gasteiger partial charge in [0.05, 0.1) is 18.8 Å². The van der Waals surface area contributed by atoms with Crippen molar-refractivity contribution in [1.82, 2.24) is 0 Å². The van der Waals surface area contributed by atoms with Crippen molar-refractivity contribution in [2.24, 2.45) is 0 Å². The van der Waals surface area contributed by atoms with E-state index in [9.17, 15) is 9.59 Å². The van der Waals surface area contributed by atoms with Crippen LogP contribution in [0, 0.1) is 0 Å². The van der Waals surface area contributed by atoms with Crippen molar-refractivity contribution < 1.29 is 23.8 Å². The fourth-order valence-electron chi connectivity index (χ4n) is 2.69. The van der Waals surface area contributed by atoms with Gasteiger partial charge >= 0.3 is 5.97 Å². The maximum absolute atomic E-state index is 12.3. The highest BCUT2D eigenvalue weighted by molar-refractivity contribution is 5.96. The summed E-state index contributed by atoms with van der Waals surface area (Å²) in [5.74, 6) is 0.298. The lowest BCUT2D eigenvalue weighted by molar-refractivity contribution is -0.119. The number of amides is 1. The number of nitrogens with one attached hydrogen (secondary N) is 1. The maximum Gasteiger partial charge on any atom is 0.338 e. The van der Waals surface area contributed by atoms with Gasteiger partial charge < -0.3 is 19.5 Å². The van der Waals surface area contributed by atoms with E-state index in [1.165, 1.54) is 0 Å². The average molecular weight is 385 g/mol. The van der Waals surface area contributed by atoms with Crippen molar-refractivity contribution in [3.63, 3.8) is 0 Å². The molecule has 0 spiro atoms. The highest BCUT2D eigenvalue weighted by Gasteiger charge is 2.15. The molecule has 1 N–H and O–H groups in total. The van der Waals surface area contributed by atoms with Gasteiger partial charge in [0.2, 0.25) is 0 Å². The highest BCUT2D eigenvalue weighted by atomic mass is 16.5. The Morgan fingerprint density at radius 2 is 1.64 bits per heavy atom. The van der Waals surface area contributed by atoms with Crippen molar-refractivity contribution in [3.8, 4) is 11.5 Å². The van der Waals surface area contributed by atoms with E-state index in [0.717, 1.165) is 11.3 Å². The molecule has 150 valence electrons. The first kappa shape index (κ1) is 21.3. The van der Waals surface area contributed by atoms with E-state index >= 15 is 0 Å². The van der Waals surface area contributed by atoms with Crippen LogP contribution in [0.1, 0.15) is 49.5 Å². The van der Waals surface area contributed by atoms with E-state index in [0.29, 0.717) is 30.3 Å². The molecule has 6 nitrogen and oxygen atoms in total. The molecule has 0 aliphatic rings. The molecule has 0 unspecified atom stereocenters. The zero-order valence-electron chi connectivity index (χ0n) is 16.8. The number of hydrogen-bond donors (Lipinski definition) is 1. The Morgan fingerprint density at radius 1 is 0.964 bits per heavy atom. The first-order valence-corrected chi connectivity index (χ1v) is 9.41. The molecule has 1 amide bonds. The third kappa shape index (κ3) is 5.74. The Morgan fingerprint density at radius 3 is 2.32 bits per heavy atom. The second-order valence-electron chi connectivity index (χ2n) is 6.39. The minimum Gasteiger partial charge on any atom is -0.490 e. The molecular weight excluding hydrogens is 358 g/mol. The van der Waals surface area contributed by atoms with E-state index in [4.69, 9.17) is 14.2 Å². The quantitative estimate of drug-likeness (QED) is 0.648. The molecule has 0 saturated heterocycles.